The average molecular weight is 551 g/mol. The summed E-state index contributed by atoms with van der Waals surface area (Å²) in [6.07, 6.45) is 0. The molecular formula is C27H34N8O5. The van der Waals surface area contributed by atoms with Crippen LogP contribution in [0.2, 0.25) is 0 Å². The minimum atomic E-state index is -0.460. The lowest BCUT2D eigenvalue weighted by atomic mass is 9.93. The van der Waals surface area contributed by atoms with Crippen LogP contribution < -0.4 is 25.8 Å². The lowest BCUT2D eigenvalue weighted by Gasteiger charge is -2.31. The van der Waals surface area contributed by atoms with E-state index in [1.165, 1.54) is 0 Å². The highest BCUT2D eigenvalue weighted by atomic mass is 16.5. The van der Waals surface area contributed by atoms with E-state index in [9.17, 15) is 9.59 Å². The van der Waals surface area contributed by atoms with Crippen molar-refractivity contribution in [3.63, 3.8) is 0 Å². The molecule has 3 aromatic rings. The zero-order valence-corrected chi connectivity index (χ0v) is 22.9. The number of urea groups is 1. The summed E-state index contributed by atoms with van der Waals surface area (Å²) in [6, 6.07) is 9.73. The first-order chi connectivity index (χ1) is 19.2. The van der Waals surface area contributed by atoms with Crippen molar-refractivity contribution in [3.05, 3.63) is 47.9 Å². The van der Waals surface area contributed by atoms with Gasteiger partial charge in [0.1, 0.15) is 17.3 Å². The first-order valence-corrected chi connectivity index (χ1v) is 13.3. The van der Waals surface area contributed by atoms with Gasteiger partial charge in [-0.05, 0) is 24.3 Å². The zero-order chi connectivity index (χ0) is 28.1. The Hall–Kier alpha value is -4.23. The van der Waals surface area contributed by atoms with Crippen molar-refractivity contribution >= 4 is 40.9 Å². The second-order valence-electron chi connectivity index (χ2n) is 10.5. The Morgan fingerprint density at radius 2 is 1.40 bits per heavy atom. The lowest BCUT2D eigenvalue weighted by Crippen LogP contribution is -2.40. The minimum absolute atomic E-state index is 0.219. The predicted molar refractivity (Wildman–Crippen MR) is 150 cm³/mol. The number of amides is 3. The Balaban J connectivity index is 1.24. The molecule has 3 N–H and O–H groups in total. The maximum atomic E-state index is 13.2. The predicted octanol–water partition coefficient (Wildman–Crippen LogP) is 3.33. The van der Waals surface area contributed by atoms with Gasteiger partial charge in [0, 0.05) is 55.1 Å². The molecule has 0 unspecified atom stereocenters. The van der Waals surface area contributed by atoms with Gasteiger partial charge in [-0.1, -0.05) is 25.9 Å². The van der Waals surface area contributed by atoms with Crippen LogP contribution in [0.5, 0.6) is 0 Å². The molecule has 40 heavy (non-hydrogen) atoms. The molecule has 0 atom stereocenters. The van der Waals surface area contributed by atoms with Crippen molar-refractivity contribution < 1.29 is 23.6 Å². The van der Waals surface area contributed by atoms with E-state index in [1.807, 2.05) is 25.7 Å². The largest absolute Gasteiger partial charge is 0.378 e. The summed E-state index contributed by atoms with van der Waals surface area (Å²) in [5, 5.41) is 12.2. The summed E-state index contributed by atoms with van der Waals surface area (Å²) in [4.78, 5) is 39.1. The molecule has 13 heteroatoms. The quantitative estimate of drug-likeness (QED) is 0.417. The number of nitrogens with zero attached hydrogens (tertiary/aromatic N) is 5. The van der Waals surface area contributed by atoms with E-state index in [1.54, 1.807) is 36.4 Å². The van der Waals surface area contributed by atoms with Crippen molar-refractivity contribution in [2.75, 3.05) is 78.4 Å². The minimum Gasteiger partial charge on any atom is -0.378 e. The number of hydrogen-bond donors (Lipinski definition) is 3. The first kappa shape index (κ1) is 27.3. The monoisotopic (exact) mass is 550 g/mol. The van der Waals surface area contributed by atoms with E-state index in [0.29, 0.717) is 87.3 Å². The maximum absolute atomic E-state index is 13.2. The van der Waals surface area contributed by atoms with Crippen molar-refractivity contribution in [2.45, 2.75) is 26.2 Å². The highest BCUT2D eigenvalue weighted by Crippen LogP contribution is 2.25. The Morgan fingerprint density at radius 1 is 0.800 bits per heavy atom. The van der Waals surface area contributed by atoms with Crippen LogP contribution in [0.3, 0.4) is 0 Å². The Kier molecular flexibility index (Phi) is 8.12. The van der Waals surface area contributed by atoms with Gasteiger partial charge in [-0.3, -0.25) is 10.1 Å². The van der Waals surface area contributed by atoms with Crippen molar-refractivity contribution in [3.8, 4) is 0 Å². The number of nitrogens with one attached hydrogen (secondary N) is 3. The van der Waals surface area contributed by atoms with Crippen LogP contribution in [0.15, 0.2) is 40.9 Å². The van der Waals surface area contributed by atoms with E-state index >= 15 is 0 Å². The fourth-order valence-electron chi connectivity index (χ4n) is 4.20. The summed E-state index contributed by atoms with van der Waals surface area (Å²) in [5.41, 5.74) is 1.15. The molecule has 212 valence electrons. The fourth-order valence-corrected chi connectivity index (χ4v) is 4.20. The normalized spacial score (nSPS) is 16.0. The number of hydrogen-bond acceptors (Lipinski definition) is 10. The van der Waals surface area contributed by atoms with Gasteiger partial charge in [0.25, 0.3) is 5.91 Å². The third kappa shape index (κ3) is 6.85. The van der Waals surface area contributed by atoms with E-state index in [4.69, 9.17) is 19.0 Å². The summed E-state index contributed by atoms with van der Waals surface area (Å²) in [7, 11) is 0. The van der Waals surface area contributed by atoms with Gasteiger partial charge in [-0.2, -0.15) is 4.98 Å². The van der Waals surface area contributed by atoms with Crippen LogP contribution in [0.1, 0.15) is 37.0 Å². The number of anilines is 5. The highest BCUT2D eigenvalue weighted by Gasteiger charge is 2.22. The van der Waals surface area contributed by atoms with E-state index in [2.05, 4.69) is 31.0 Å². The Morgan fingerprint density at radius 3 is 2.00 bits per heavy atom. The third-order valence-corrected chi connectivity index (χ3v) is 6.45. The molecule has 0 saturated carbocycles. The van der Waals surface area contributed by atoms with Crippen molar-refractivity contribution in [1.29, 1.82) is 0 Å². The van der Waals surface area contributed by atoms with Crippen LogP contribution >= 0.6 is 0 Å². The molecular weight excluding hydrogens is 516 g/mol. The van der Waals surface area contributed by atoms with Crippen LogP contribution in [0.4, 0.5) is 33.8 Å². The van der Waals surface area contributed by atoms with Gasteiger partial charge in [-0.15, -0.1) is 0 Å². The third-order valence-electron chi connectivity index (χ3n) is 6.45. The molecule has 0 aliphatic carbocycles. The molecule has 2 saturated heterocycles. The Labute approximate surface area is 232 Å². The van der Waals surface area contributed by atoms with Gasteiger partial charge < -0.3 is 34.4 Å². The molecule has 5 rings (SSSR count). The smallest absolute Gasteiger partial charge is 0.324 e. The second-order valence-corrected chi connectivity index (χ2v) is 10.5. The van der Waals surface area contributed by atoms with Gasteiger partial charge in [0.05, 0.1) is 26.4 Å². The van der Waals surface area contributed by atoms with E-state index in [0.717, 1.165) is 0 Å². The lowest BCUT2D eigenvalue weighted by molar-refractivity contribution is 0.102. The van der Waals surface area contributed by atoms with Crippen molar-refractivity contribution in [1.82, 2.24) is 15.1 Å². The molecule has 4 heterocycles. The van der Waals surface area contributed by atoms with E-state index in [-0.39, 0.29) is 17.0 Å². The topological polar surface area (TPSA) is 147 Å². The SMILES string of the molecule is CC(C)(C)c1cc(NC(=O)Nc2ccc(NC(=O)c3cc(N4CCOCC4)nc(N4CCOCC4)n3)cc2)no1. The number of aromatic nitrogens is 3. The van der Waals surface area contributed by atoms with E-state index < -0.39 is 6.03 Å². The highest BCUT2D eigenvalue weighted by molar-refractivity contribution is 6.04. The van der Waals surface area contributed by atoms with Gasteiger partial charge in [0.2, 0.25) is 5.95 Å². The molecule has 2 aliphatic heterocycles. The molecule has 0 radical (unpaired) electrons. The summed E-state index contributed by atoms with van der Waals surface area (Å²) >= 11 is 0. The molecule has 13 nitrogen and oxygen atoms in total. The molecule has 0 bridgehead atoms. The molecule has 2 aliphatic rings. The second kappa shape index (κ2) is 11.9. The number of morpholine rings is 2. The number of carbonyl (C=O) groups is 2. The molecule has 2 aromatic heterocycles. The Bertz CT molecular complexity index is 1290. The maximum Gasteiger partial charge on any atom is 0.324 e. The van der Waals surface area contributed by atoms with Gasteiger partial charge in [0.15, 0.2) is 5.82 Å². The standard InChI is InChI=1S/C27H34N8O5/c1-27(2,3)21-17-22(33-40-21)31-26(37)29-19-6-4-18(5-7-19)28-24(36)20-16-23(34-8-12-38-13-9-34)32-25(30-20)35-10-14-39-15-11-35/h4-7,16-17H,8-15H2,1-3H3,(H,28,36)(H2,29,31,33,37). The van der Waals surface area contributed by atoms with Crippen molar-refractivity contribution in [2.24, 2.45) is 0 Å². The summed E-state index contributed by atoms with van der Waals surface area (Å²) in [5.74, 6) is 1.83. The number of ether oxygens (including phenoxy) is 2. The number of carbonyl (C=O) groups excluding carboxylic acids is 2. The molecule has 2 fully saturated rings. The van der Waals surface area contributed by atoms with Crippen LogP contribution in [0, 0.1) is 0 Å². The molecule has 0 spiro atoms. The first-order valence-electron chi connectivity index (χ1n) is 13.3. The fraction of sp³-hybridized carbons (Fsp3) is 0.444. The number of rotatable bonds is 6. The van der Waals surface area contributed by atoms with Gasteiger partial charge in [-0.25, -0.2) is 9.78 Å². The molecule has 1 aromatic carbocycles. The average Bonchev–Trinajstić information content (AvgIpc) is 3.44. The zero-order valence-electron chi connectivity index (χ0n) is 22.9. The van der Waals surface area contributed by atoms with Crippen LogP contribution in [-0.2, 0) is 14.9 Å². The van der Waals surface area contributed by atoms with Crippen LogP contribution in [0.25, 0.3) is 0 Å². The molecule has 3 amide bonds. The summed E-state index contributed by atoms with van der Waals surface area (Å²) in [6.45, 7) is 11.1. The van der Waals surface area contributed by atoms with Gasteiger partial charge >= 0.3 is 6.03 Å². The number of benzene rings is 1. The van der Waals surface area contributed by atoms with Crippen LogP contribution in [-0.4, -0.2) is 79.7 Å². The summed E-state index contributed by atoms with van der Waals surface area (Å²) < 4.78 is 16.2.